The van der Waals surface area contributed by atoms with Crippen LogP contribution in [0.3, 0.4) is 0 Å². The maximum absolute atomic E-state index is 12.0. The molecule has 0 bridgehead atoms. The molecule has 0 aromatic heterocycles. The number of aliphatic hydroxyl groups is 1. The number of benzene rings is 2. The van der Waals surface area contributed by atoms with Crippen LogP contribution in [-0.2, 0) is 11.3 Å². The molecule has 0 saturated heterocycles. The van der Waals surface area contributed by atoms with Gasteiger partial charge in [0.1, 0.15) is 5.88 Å². The molecule has 2 rings (SSSR count). The highest BCUT2D eigenvalue weighted by molar-refractivity contribution is 6.27. The van der Waals surface area contributed by atoms with E-state index in [-0.39, 0.29) is 24.0 Å². The third-order valence-electron chi connectivity index (χ3n) is 3.57. The molecular formula is C17H17ClN2O4. The highest BCUT2D eigenvalue weighted by atomic mass is 35.5. The van der Waals surface area contributed by atoms with Gasteiger partial charge in [0.05, 0.1) is 17.6 Å². The van der Waals surface area contributed by atoms with Crippen molar-refractivity contribution in [3.63, 3.8) is 0 Å². The molecule has 6 nitrogen and oxygen atoms in total. The second kappa shape index (κ2) is 8.42. The molecule has 0 radical (unpaired) electrons. The first-order valence-electron chi connectivity index (χ1n) is 7.31. The summed E-state index contributed by atoms with van der Waals surface area (Å²) >= 11 is 5.65. The predicted octanol–water partition coefficient (Wildman–Crippen LogP) is 2.90. The number of aliphatic hydroxyl groups excluding tert-OH is 1. The average molecular weight is 349 g/mol. The van der Waals surface area contributed by atoms with E-state index < -0.39 is 11.0 Å². The van der Waals surface area contributed by atoms with E-state index in [4.69, 9.17) is 11.6 Å². The molecule has 0 aliphatic heterocycles. The lowest BCUT2D eigenvalue weighted by atomic mass is 10.1. The minimum atomic E-state index is -0.957. The molecule has 0 spiro atoms. The van der Waals surface area contributed by atoms with E-state index in [9.17, 15) is 20.0 Å². The summed E-state index contributed by atoms with van der Waals surface area (Å²) < 4.78 is 0. The van der Waals surface area contributed by atoms with Gasteiger partial charge in [0.15, 0.2) is 0 Å². The van der Waals surface area contributed by atoms with Crippen molar-refractivity contribution in [2.45, 2.75) is 12.6 Å². The Kier molecular flexibility index (Phi) is 6.28. The van der Waals surface area contributed by atoms with Gasteiger partial charge in [0, 0.05) is 18.7 Å². The number of rotatable bonds is 7. The lowest BCUT2D eigenvalue weighted by molar-refractivity contribution is -0.384. The highest BCUT2D eigenvalue weighted by Gasteiger charge is 2.19. The van der Waals surface area contributed by atoms with Crippen molar-refractivity contribution in [1.82, 2.24) is 4.90 Å². The van der Waals surface area contributed by atoms with E-state index in [2.05, 4.69) is 0 Å². The molecule has 126 valence electrons. The fraction of sp³-hybridized carbons (Fsp3) is 0.235. The maximum Gasteiger partial charge on any atom is 0.269 e. The fourth-order valence-corrected chi connectivity index (χ4v) is 2.44. The van der Waals surface area contributed by atoms with Crippen molar-refractivity contribution in [2.24, 2.45) is 0 Å². The number of hydrogen-bond acceptors (Lipinski definition) is 4. The molecule has 1 atom stereocenters. The maximum atomic E-state index is 12.0. The largest absolute Gasteiger partial charge is 0.387 e. The summed E-state index contributed by atoms with van der Waals surface area (Å²) in [6.45, 7) is 0.384. The minimum Gasteiger partial charge on any atom is -0.387 e. The van der Waals surface area contributed by atoms with E-state index >= 15 is 0 Å². The van der Waals surface area contributed by atoms with Gasteiger partial charge in [-0.15, -0.1) is 11.6 Å². The number of non-ortho nitro benzene ring substituents is 1. The number of amides is 1. The highest BCUT2D eigenvalue weighted by Crippen LogP contribution is 2.19. The Hall–Kier alpha value is -2.44. The molecular weight excluding hydrogens is 332 g/mol. The Morgan fingerprint density at radius 1 is 1.17 bits per heavy atom. The van der Waals surface area contributed by atoms with Crippen LogP contribution in [0, 0.1) is 10.1 Å². The summed E-state index contributed by atoms with van der Waals surface area (Å²) in [5.74, 6) is -0.471. The lowest BCUT2D eigenvalue weighted by Crippen LogP contribution is -2.35. The van der Waals surface area contributed by atoms with Crippen LogP contribution in [0.2, 0.25) is 0 Å². The number of nitro groups is 1. The number of nitrogens with zero attached hydrogens (tertiary/aromatic N) is 2. The van der Waals surface area contributed by atoms with Gasteiger partial charge >= 0.3 is 0 Å². The van der Waals surface area contributed by atoms with Crippen molar-refractivity contribution in [3.8, 4) is 0 Å². The zero-order chi connectivity index (χ0) is 17.5. The molecule has 1 amide bonds. The van der Waals surface area contributed by atoms with Gasteiger partial charge in [-0.3, -0.25) is 14.9 Å². The topological polar surface area (TPSA) is 83.7 Å². The zero-order valence-corrected chi connectivity index (χ0v) is 13.6. The first kappa shape index (κ1) is 17.9. The molecule has 24 heavy (non-hydrogen) atoms. The summed E-state index contributed by atoms with van der Waals surface area (Å²) in [4.78, 5) is 23.6. The molecule has 1 N–H and O–H groups in total. The number of halogens is 1. The van der Waals surface area contributed by atoms with E-state index in [0.717, 1.165) is 5.56 Å². The molecule has 0 aliphatic carbocycles. The van der Waals surface area contributed by atoms with Crippen LogP contribution < -0.4 is 0 Å². The van der Waals surface area contributed by atoms with Crippen molar-refractivity contribution in [1.29, 1.82) is 0 Å². The van der Waals surface area contributed by atoms with E-state index in [0.29, 0.717) is 12.1 Å². The molecule has 0 aliphatic rings. The van der Waals surface area contributed by atoms with E-state index in [1.54, 1.807) is 0 Å². The van der Waals surface area contributed by atoms with E-state index in [1.807, 2.05) is 30.3 Å². The van der Waals surface area contributed by atoms with Crippen molar-refractivity contribution in [3.05, 3.63) is 75.8 Å². The molecule has 2 aromatic rings. The standard InChI is InChI=1S/C17H17ClN2O4/c18-10-17(22)19(11-13-4-2-1-3-5-13)12-16(21)14-6-8-15(9-7-14)20(23)24/h1-9,16,21H,10-12H2/t16-/m1/s1. The lowest BCUT2D eigenvalue weighted by Gasteiger charge is -2.25. The van der Waals surface area contributed by atoms with Gasteiger partial charge in [-0.1, -0.05) is 30.3 Å². The molecule has 0 saturated carbocycles. The Morgan fingerprint density at radius 2 is 1.79 bits per heavy atom. The van der Waals surface area contributed by atoms with Crippen LogP contribution in [0.15, 0.2) is 54.6 Å². The zero-order valence-electron chi connectivity index (χ0n) is 12.8. The van der Waals surface area contributed by atoms with E-state index in [1.165, 1.54) is 29.2 Å². The van der Waals surface area contributed by atoms with Crippen LogP contribution in [0.1, 0.15) is 17.2 Å². The van der Waals surface area contributed by atoms with Gasteiger partial charge in [0.2, 0.25) is 5.91 Å². The number of nitro benzene ring substituents is 1. The Labute approximate surface area is 144 Å². The fourth-order valence-electron chi connectivity index (χ4n) is 2.28. The van der Waals surface area contributed by atoms with Crippen LogP contribution in [0.25, 0.3) is 0 Å². The molecule has 0 heterocycles. The number of carbonyl (C=O) groups excluding carboxylic acids is 1. The summed E-state index contributed by atoms with van der Waals surface area (Å²) in [5.41, 5.74) is 1.37. The Bertz CT molecular complexity index is 691. The Balaban J connectivity index is 2.10. The predicted molar refractivity (Wildman–Crippen MR) is 90.6 cm³/mol. The van der Waals surface area contributed by atoms with Crippen molar-refractivity contribution >= 4 is 23.2 Å². The first-order valence-corrected chi connectivity index (χ1v) is 7.85. The average Bonchev–Trinajstić information content (AvgIpc) is 2.61. The second-order valence-electron chi connectivity index (χ2n) is 5.26. The second-order valence-corrected chi connectivity index (χ2v) is 5.53. The molecule has 0 fully saturated rings. The quantitative estimate of drug-likeness (QED) is 0.473. The summed E-state index contributed by atoms with van der Waals surface area (Å²) in [5, 5.41) is 21.0. The molecule has 0 unspecified atom stereocenters. The smallest absolute Gasteiger partial charge is 0.269 e. The van der Waals surface area contributed by atoms with Gasteiger partial charge in [-0.05, 0) is 23.3 Å². The van der Waals surface area contributed by atoms with Crippen LogP contribution in [0.4, 0.5) is 5.69 Å². The SMILES string of the molecule is O=C(CCl)N(Cc1ccccc1)C[C@@H](O)c1ccc([N+](=O)[O-])cc1. The van der Waals surface area contributed by atoms with Crippen LogP contribution in [-0.4, -0.2) is 33.3 Å². The monoisotopic (exact) mass is 348 g/mol. The van der Waals surface area contributed by atoms with Gasteiger partial charge in [-0.25, -0.2) is 0 Å². The molecule has 2 aromatic carbocycles. The summed E-state index contributed by atoms with van der Waals surface area (Å²) in [6, 6.07) is 15.0. The van der Waals surface area contributed by atoms with Crippen molar-refractivity contribution in [2.75, 3.05) is 12.4 Å². The Morgan fingerprint density at radius 3 is 2.33 bits per heavy atom. The number of hydrogen-bond donors (Lipinski definition) is 1. The van der Waals surface area contributed by atoms with Gasteiger partial charge in [-0.2, -0.15) is 0 Å². The summed E-state index contributed by atoms with van der Waals surface area (Å²) in [6.07, 6.45) is -0.957. The van der Waals surface area contributed by atoms with Gasteiger partial charge < -0.3 is 10.0 Å². The minimum absolute atomic E-state index is 0.0519. The normalized spacial score (nSPS) is 11.8. The summed E-state index contributed by atoms with van der Waals surface area (Å²) in [7, 11) is 0. The third kappa shape index (κ3) is 4.78. The van der Waals surface area contributed by atoms with Gasteiger partial charge in [0.25, 0.3) is 5.69 Å². The van der Waals surface area contributed by atoms with Crippen LogP contribution in [0.5, 0.6) is 0 Å². The number of carbonyl (C=O) groups is 1. The third-order valence-corrected chi connectivity index (χ3v) is 3.79. The molecule has 7 heteroatoms. The number of alkyl halides is 1. The van der Waals surface area contributed by atoms with Crippen molar-refractivity contribution < 1.29 is 14.8 Å². The first-order chi connectivity index (χ1) is 11.5. The van der Waals surface area contributed by atoms with Crippen LogP contribution >= 0.6 is 11.6 Å².